The zero-order chi connectivity index (χ0) is 13.2. The van der Waals surface area contributed by atoms with Crippen LogP contribution >= 0.6 is 0 Å². The van der Waals surface area contributed by atoms with Crippen LogP contribution in [0.4, 0.5) is 0 Å². The molecule has 2 bridgehead atoms. The van der Waals surface area contributed by atoms with E-state index in [0.717, 1.165) is 18.4 Å². The molecular weight excluding hydrogens is 236 g/mol. The van der Waals surface area contributed by atoms with Crippen LogP contribution in [0.5, 0.6) is 0 Å². The van der Waals surface area contributed by atoms with E-state index >= 15 is 0 Å². The first-order valence-electron chi connectivity index (χ1n) is 7.28. The van der Waals surface area contributed by atoms with Crippen LogP contribution in [0.3, 0.4) is 0 Å². The van der Waals surface area contributed by atoms with Gasteiger partial charge < -0.3 is 10.2 Å². The van der Waals surface area contributed by atoms with Crippen LogP contribution in [-0.2, 0) is 11.2 Å². The van der Waals surface area contributed by atoms with E-state index in [2.05, 4.69) is 5.32 Å². The van der Waals surface area contributed by atoms with Gasteiger partial charge in [-0.25, -0.2) is 0 Å². The number of nitrogens with one attached hydrogen (secondary N) is 1. The van der Waals surface area contributed by atoms with E-state index in [1.807, 2.05) is 42.3 Å². The van der Waals surface area contributed by atoms with Gasteiger partial charge in [0.25, 0.3) is 0 Å². The summed E-state index contributed by atoms with van der Waals surface area (Å²) in [7, 11) is 1.97. The molecule has 2 saturated heterocycles. The lowest BCUT2D eigenvalue weighted by atomic mass is 9.98. The van der Waals surface area contributed by atoms with Gasteiger partial charge in [-0.05, 0) is 31.2 Å². The van der Waals surface area contributed by atoms with Gasteiger partial charge in [0, 0.05) is 25.2 Å². The van der Waals surface area contributed by atoms with Crippen LogP contribution in [0.2, 0.25) is 0 Å². The maximum Gasteiger partial charge on any atom is 0.226 e. The number of carbonyl (C=O) groups is 1. The summed E-state index contributed by atoms with van der Waals surface area (Å²) in [6.45, 7) is 0. The number of piperidine rings is 1. The zero-order valence-electron chi connectivity index (χ0n) is 11.5. The molecule has 3 rings (SSSR count). The van der Waals surface area contributed by atoms with E-state index in [0.29, 0.717) is 24.5 Å². The largest absolute Gasteiger partial charge is 0.342 e. The molecule has 3 nitrogen and oxygen atoms in total. The Labute approximate surface area is 115 Å². The lowest BCUT2D eigenvalue weighted by Crippen LogP contribution is -2.49. The molecule has 1 N–H and O–H groups in total. The number of carbonyl (C=O) groups excluding carboxylic acids is 1. The summed E-state index contributed by atoms with van der Waals surface area (Å²) in [6.07, 6.45) is 5.32. The standard InChI is InChI=1S/C16H22N2O/c1-18(15-10-13-7-8-14(11-15)17-13)16(19)9-12-5-3-2-4-6-12/h2-6,13-15,17H,7-11H2,1H3/t13-,14+,15?. The summed E-state index contributed by atoms with van der Waals surface area (Å²) in [5, 5.41) is 3.63. The van der Waals surface area contributed by atoms with E-state index in [1.165, 1.54) is 12.8 Å². The molecular formula is C16H22N2O. The van der Waals surface area contributed by atoms with E-state index in [4.69, 9.17) is 0 Å². The van der Waals surface area contributed by atoms with Crippen molar-refractivity contribution in [2.75, 3.05) is 7.05 Å². The predicted molar refractivity (Wildman–Crippen MR) is 75.9 cm³/mol. The molecule has 19 heavy (non-hydrogen) atoms. The highest BCUT2D eigenvalue weighted by atomic mass is 16.2. The summed E-state index contributed by atoms with van der Waals surface area (Å²) in [4.78, 5) is 14.3. The number of hydrogen-bond acceptors (Lipinski definition) is 2. The average molecular weight is 258 g/mol. The summed E-state index contributed by atoms with van der Waals surface area (Å²) in [5.74, 6) is 0.248. The Kier molecular flexibility index (Phi) is 3.56. The number of amides is 1. The summed E-state index contributed by atoms with van der Waals surface area (Å²) >= 11 is 0. The maximum absolute atomic E-state index is 12.4. The lowest BCUT2D eigenvalue weighted by molar-refractivity contribution is -0.131. The Bertz CT molecular complexity index is 433. The van der Waals surface area contributed by atoms with Gasteiger partial charge in [-0.15, -0.1) is 0 Å². The minimum Gasteiger partial charge on any atom is -0.342 e. The van der Waals surface area contributed by atoms with Gasteiger partial charge in [0.15, 0.2) is 0 Å². The van der Waals surface area contributed by atoms with Crippen molar-refractivity contribution in [3.8, 4) is 0 Å². The molecule has 1 amide bonds. The molecule has 1 aromatic carbocycles. The molecule has 0 radical (unpaired) electrons. The molecule has 0 spiro atoms. The first kappa shape index (κ1) is 12.7. The van der Waals surface area contributed by atoms with Crippen molar-refractivity contribution in [3.05, 3.63) is 35.9 Å². The van der Waals surface area contributed by atoms with Gasteiger partial charge in [0.2, 0.25) is 5.91 Å². The third kappa shape index (κ3) is 2.81. The second-order valence-electron chi connectivity index (χ2n) is 5.93. The second kappa shape index (κ2) is 5.33. The van der Waals surface area contributed by atoms with E-state index in [-0.39, 0.29) is 5.91 Å². The third-order valence-corrected chi connectivity index (χ3v) is 4.59. The van der Waals surface area contributed by atoms with Gasteiger partial charge in [-0.2, -0.15) is 0 Å². The van der Waals surface area contributed by atoms with Crippen molar-refractivity contribution in [2.24, 2.45) is 0 Å². The van der Waals surface area contributed by atoms with Crippen LogP contribution in [0.15, 0.2) is 30.3 Å². The van der Waals surface area contributed by atoms with Gasteiger partial charge >= 0.3 is 0 Å². The van der Waals surface area contributed by atoms with Crippen molar-refractivity contribution in [1.29, 1.82) is 0 Å². The van der Waals surface area contributed by atoms with Gasteiger partial charge in [-0.3, -0.25) is 4.79 Å². The minimum absolute atomic E-state index is 0.248. The number of nitrogens with zero attached hydrogens (tertiary/aromatic N) is 1. The van der Waals surface area contributed by atoms with Crippen molar-refractivity contribution < 1.29 is 4.79 Å². The average Bonchev–Trinajstić information content (AvgIpc) is 2.77. The predicted octanol–water partition coefficient (Wildman–Crippen LogP) is 1.97. The Morgan fingerprint density at radius 2 is 1.84 bits per heavy atom. The molecule has 3 atom stereocenters. The summed E-state index contributed by atoms with van der Waals surface area (Å²) < 4.78 is 0. The van der Waals surface area contributed by atoms with Gasteiger partial charge in [0.05, 0.1) is 6.42 Å². The smallest absolute Gasteiger partial charge is 0.226 e. The van der Waals surface area contributed by atoms with Gasteiger partial charge in [0.1, 0.15) is 0 Å². The molecule has 2 heterocycles. The first-order chi connectivity index (χ1) is 9.22. The molecule has 3 heteroatoms. The Morgan fingerprint density at radius 1 is 1.21 bits per heavy atom. The van der Waals surface area contributed by atoms with E-state index < -0.39 is 0 Å². The molecule has 2 aliphatic rings. The maximum atomic E-state index is 12.4. The number of fused-ring (bicyclic) bond motifs is 2. The highest BCUT2D eigenvalue weighted by Crippen LogP contribution is 2.29. The van der Waals surface area contributed by atoms with E-state index in [9.17, 15) is 4.79 Å². The molecule has 2 fully saturated rings. The SMILES string of the molecule is CN(C(=O)Cc1ccccc1)C1C[C@H]2CC[C@@H](C1)N2. The van der Waals surface area contributed by atoms with Crippen LogP contribution in [0.25, 0.3) is 0 Å². The molecule has 0 saturated carbocycles. The Balaban J connectivity index is 1.60. The zero-order valence-corrected chi connectivity index (χ0v) is 11.5. The molecule has 0 aromatic heterocycles. The highest BCUT2D eigenvalue weighted by molar-refractivity contribution is 5.78. The molecule has 102 valence electrons. The van der Waals surface area contributed by atoms with Crippen LogP contribution in [0.1, 0.15) is 31.2 Å². The Morgan fingerprint density at radius 3 is 2.47 bits per heavy atom. The van der Waals surface area contributed by atoms with Crippen molar-refractivity contribution in [1.82, 2.24) is 10.2 Å². The van der Waals surface area contributed by atoms with Crippen molar-refractivity contribution in [3.63, 3.8) is 0 Å². The van der Waals surface area contributed by atoms with Crippen molar-refractivity contribution in [2.45, 2.75) is 50.2 Å². The lowest BCUT2D eigenvalue weighted by Gasteiger charge is -2.35. The van der Waals surface area contributed by atoms with Crippen molar-refractivity contribution >= 4 is 5.91 Å². The Hall–Kier alpha value is -1.35. The monoisotopic (exact) mass is 258 g/mol. The quantitative estimate of drug-likeness (QED) is 0.899. The number of rotatable bonds is 3. The molecule has 0 aliphatic carbocycles. The molecule has 1 aromatic rings. The van der Waals surface area contributed by atoms with Crippen LogP contribution < -0.4 is 5.32 Å². The highest BCUT2D eigenvalue weighted by Gasteiger charge is 2.36. The fourth-order valence-corrected chi connectivity index (χ4v) is 3.44. The fraction of sp³-hybridized carbons (Fsp3) is 0.562. The first-order valence-corrected chi connectivity index (χ1v) is 7.28. The normalized spacial score (nSPS) is 29.2. The summed E-state index contributed by atoms with van der Waals surface area (Å²) in [6, 6.07) is 11.7. The number of benzene rings is 1. The fourth-order valence-electron chi connectivity index (χ4n) is 3.44. The third-order valence-electron chi connectivity index (χ3n) is 4.59. The second-order valence-corrected chi connectivity index (χ2v) is 5.93. The van der Waals surface area contributed by atoms with Crippen LogP contribution in [0, 0.1) is 0 Å². The topological polar surface area (TPSA) is 32.3 Å². The van der Waals surface area contributed by atoms with Crippen LogP contribution in [-0.4, -0.2) is 36.0 Å². The number of likely N-dealkylation sites (N-methyl/N-ethyl adjacent to an activating group) is 1. The minimum atomic E-state index is 0.248. The van der Waals surface area contributed by atoms with Gasteiger partial charge in [-0.1, -0.05) is 30.3 Å². The molecule has 2 aliphatic heterocycles. The number of hydrogen-bond donors (Lipinski definition) is 1. The summed E-state index contributed by atoms with van der Waals surface area (Å²) in [5.41, 5.74) is 1.11. The van der Waals surface area contributed by atoms with E-state index in [1.54, 1.807) is 0 Å². The molecule has 1 unspecified atom stereocenters.